The van der Waals surface area contributed by atoms with Gasteiger partial charge in [0.1, 0.15) is 16.5 Å². The number of ether oxygens (including phenoxy) is 1. The van der Waals surface area contributed by atoms with Gasteiger partial charge in [-0.25, -0.2) is 17.2 Å². The van der Waals surface area contributed by atoms with Gasteiger partial charge in [0.05, 0.1) is 13.2 Å². The lowest BCUT2D eigenvalue weighted by molar-refractivity contribution is 0.0313. The minimum atomic E-state index is -4.04. The Morgan fingerprint density at radius 3 is 2.75 bits per heavy atom. The summed E-state index contributed by atoms with van der Waals surface area (Å²) < 4.78 is 58.5. The zero-order valence-electron chi connectivity index (χ0n) is 10.8. The summed E-state index contributed by atoms with van der Waals surface area (Å²) in [6, 6.07) is 1.17. The Morgan fingerprint density at radius 1 is 1.45 bits per heavy atom. The van der Waals surface area contributed by atoms with Crippen molar-refractivity contribution in [2.45, 2.75) is 24.3 Å². The molecule has 0 aromatic heterocycles. The summed E-state index contributed by atoms with van der Waals surface area (Å²) in [4.78, 5) is -0.528. The van der Waals surface area contributed by atoms with Crippen molar-refractivity contribution in [2.24, 2.45) is 0 Å². The molecule has 1 heterocycles. The van der Waals surface area contributed by atoms with Crippen LogP contribution in [0.15, 0.2) is 21.5 Å². The molecule has 4 nitrogen and oxygen atoms in total. The average Bonchev–Trinajstić information content (AvgIpc) is 2.37. The van der Waals surface area contributed by atoms with Crippen LogP contribution in [0.4, 0.5) is 8.78 Å². The molecule has 0 bridgehead atoms. The molecule has 0 aliphatic carbocycles. The van der Waals surface area contributed by atoms with E-state index in [2.05, 4.69) is 15.9 Å². The number of halogens is 3. The highest BCUT2D eigenvalue weighted by Crippen LogP contribution is 2.31. The van der Waals surface area contributed by atoms with Gasteiger partial charge in [-0.2, -0.15) is 4.31 Å². The van der Waals surface area contributed by atoms with E-state index in [-0.39, 0.29) is 30.3 Å². The van der Waals surface area contributed by atoms with Crippen molar-refractivity contribution < 1.29 is 21.9 Å². The lowest BCUT2D eigenvalue weighted by Crippen LogP contribution is -2.48. The van der Waals surface area contributed by atoms with Crippen molar-refractivity contribution in [1.29, 1.82) is 0 Å². The van der Waals surface area contributed by atoms with Gasteiger partial charge in [0, 0.05) is 23.1 Å². The highest BCUT2D eigenvalue weighted by atomic mass is 79.9. The molecule has 1 aliphatic rings. The van der Waals surface area contributed by atoms with E-state index in [1.807, 2.05) is 6.92 Å². The Hall–Kier alpha value is -0.570. The van der Waals surface area contributed by atoms with Crippen LogP contribution in [0.1, 0.15) is 13.3 Å². The molecular weight excluding hydrogens is 356 g/mol. The second-order valence-electron chi connectivity index (χ2n) is 4.45. The highest BCUT2D eigenvalue weighted by molar-refractivity contribution is 9.10. The van der Waals surface area contributed by atoms with E-state index in [9.17, 15) is 17.2 Å². The van der Waals surface area contributed by atoms with E-state index < -0.39 is 26.6 Å². The van der Waals surface area contributed by atoms with Crippen molar-refractivity contribution in [3.63, 3.8) is 0 Å². The predicted molar refractivity (Wildman–Crippen MR) is 72.8 cm³/mol. The van der Waals surface area contributed by atoms with Crippen LogP contribution in [0.2, 0.25) is 0 Å². The maximum absolute atomic E-state index is 13.9. The Kier molecular flexibility index (Phi) is 4.78. The van der Waals surface area contributed by atoms with Crippen LogP contribution in [0.25, 0.3) is 0 Å². The highest BCUT2D eigenvalue weighted by Gasteiger charge is 2.36. The van der Waals surface area contributed by atoms with Gasteiger partial charge in [0.25, 0.3) is 0 Å². The Bertz CT molecular complexity index is 586. The van der Waals surface area contributed by atoms with E-state index >= 15 is 0 Å². The fraction of sp³-hybridized carbons (Fsp3) is 0.500. The van der Waals surface area contributed by atoms with E-state index in [1.165, 1.54) is 4.31 Å². The number of nitrogens with zero attached hydrogens (tertiary/aromatic N) is 1. The quantitative estimate of drug-likeness (QED) is 0.822. The number of sulfonamides is 1. The van der Waals surface area contributed by atoms with Crippen molar-refractivity contribution in [1.82, 2.24) is 4.31 Å². The molecule has 1 aliphatic heterocycles. The lowest BCUT2D eigenvalue weighted by atomic mass is 10.2. The van der Waals surface area contributed by atoms with E-state index in [0.717, 1.165) is 6.07 Å². The van der Waals surface area contributed by atoms with Gasteiger partial charge in [-0.05, 0) is 28.4 Å². The van der Waals surface area contributed by atoms with Gasteiger partial charge >= 0.3 is 0 Å². The maximum atomic E-state index is 13.9. The first-order chi connectivity index (χ1) is 9.37. The molecule has 8 heteroatoms. The summed E-state index contributed by atoms with van der Waals surface area (Å²) >= 11 is 2.93. The second-order valence-corrected chi connectivity index (χ2v) is 7.13. The first kappa shape index (κ1) is 15.8. The third-order valence-corrected chi connectivity index (χ3v) is 6.09. The standard InChI is InChI=1S/C12H14BrF2NO3S/c1-2-9-7-19-4-3-16(9)20(17,18)12-10(13)5-8(14)6-11(12)15/h5-6,9H,2-4,7H2,1H3. The predicted octanol–water partition coefficient (Wildman–Crippen LogP) is 2.53. The summed E-state index contributed by atoms with van der Waals surface area (Å²) in [5.74, 6) is -1.93. The van der Waals surface area contributed by atoms with Gasteiger partial charge in [0.2, 0.25) is 10.0 Å². The molecule has 0 amide bonds. The van der Waals surface area contributed by atoms with Gasteiger partial charge in [-0.1, -0.05) is 6.92 Å². The maximum Gasteiger partial charge on any atom is 0.247 e. The molecule has 0 spiro atoms. The van der Waals surface area contributed by atoms with Gasteiger partial charge in [-0.3, -0.25) is 0 Å². The van der Waals surface area contributed by atoms with Crippen molar-refractivity contribution in [3.05, 3.63) is 28.2 Å². The molecule has 20 heavy (non-hydrogen) atoms. The van der Waals surface area contributed by atoms with Crippen molar-refractivity contribution >= 4 is 26.0 Å². The smallest absolute Gasteiger partial charge is 0.247 e. The molecule has 1 fully saturated rings. The average molecular weight is 370 g/mol. The molecule has 0 N–H and O–H groups in total. The molecule has 1 atom stereocenters. The summed E-state index contributed by atoms with van der Waals surface area (Å²) in [5, 5.41) is 0. The van der Waals surface area contributed by atoms with Crippen LogP contribution in [0, 0.1) is 11.6 Å². The summed E-state index contributed by atoms with van der Waals surface area (Å²) in [7, 11) is -4.04. The lowest BCUT2D eigenvalue weighted by Gasteiger charge is -2.34. The SMILES string of the molecule is CCC1COCCN1S(=O)(=O)c1c(F)cc(F)cc1Br. The molecule has 0 saturated carbocycles. The fourth-order valence-electron chi connectivity index (χ4n) is 2.17. The molecule has 0 radical (unpaired) electrons. The molecule has 112 valence electrons. The number of hydrogen-bond acceptors (Lipinski definition) is 3. The first-order valence-corrected chi connectivity index (χ1v) is 8.35. The third kappa shape index (κ3) is 2.88. The van der Waals surface area contributed by atoms with Gasteiger partial charge in [-0.15, -0.1) is 0 Å². The van der Waals surface area contributed by atoms with Gasteiger partial charge in [0.15, 0.2) is 0 Å². The molecule has 2 rings (SSSR count). The molecule has 1 saturated heterocycles. The van der Waals surface area contributed by atoms with Crippen molar-refractivity contribution in [2.75, 3.05) is 19.8 Å². The number of morpholine rings is 1. The third-order valence-electron chi connectivity index (χ3n) is 3.17. The minimum absolute atomic E-state index is 0.114. The minimum Gasteiger partial charge on any atom is -0.378 e. The summed E-state index contributed by atoms with van der Waals surface area (Å²) in [5.41, 5.74) is 0. The normalized spacial score (nSPS) is 21.1. The number of benzene rings is 1. The van der Waals surface area contributed by atoms with Crippen LogP contribution in [-0.4, -0.2) is 38.5 Å². The van der Waals surface area contributed by atoms with E-state index in [4.69, 9.17) is 4.74 Å². The molecule has 1 aromatic rings. The van der Waals surface area contributed by atoms with Crippen LogP contribution in [0.5, 0.6) is 0 Å². The molecule has 1 aromatic carbocycles. The summed E-state index contributed by atoms with van der Waals surface area (Å²) in [6.45, 7) is 2.52. The number of hydrogen-bond donors (Lipinski definition) is 0. The van der Waals surface area contributed by atoms with E-state index in [1.54, 1.807) is 0 Å². The van der Waals surface area contributed by atoms with Gasteiger partial charge < -0.3 is 4.74 Å². The topological polar surface area (TPSA) is 46.6 Å². The Balaban J connectivity index is 2.49. The van der Waals surface area contributed by atoms with Crippen molar-refractivity contribution in [3.8, 4) is 0 Å². The van der Waals surface area contributed by atoms with Crippen LogP contribution < -0.4 is 0 Å². The fourth-order valence-corrected chi connectivity index (χ4v) is 4.95. The van der Waals surface area contributed by atoms with E-state index in [0.29, 0.717) is 12.5 Å². The largest absolute Gasteiger partial charge is 0.378 e. The second kappa shape index (κ2) is 6.05. The van der Waals surface area contributed by atoms with Crippen LogP contribution in [0.3, 0.4) is 0 Å². The van der Waals surface area contributed by atoms with Crippen LogP contribution in [-0.2, 0) is 14.8 Å². The molecular formula is C12H14BrF2NO3S. The summed E-state index contributed by atoms with van der Waals surface area (Å²) in [6.07, 6.45) is 0.555. The van der Waals surface area contributed by atoms with Crippen LogP contribution >= 0.6 is 15.9 Å². The Labute approximate surface area is 124 Å². The zero-order chi connectivity index (χ0) is 14.9. The monoisotopic (exact) mass is 369 g/mol. The number of rotatable bonds is 3. The zero-order valence-corrected chi connectivity index (χ0v) is 13.2. The molecule has 1 unspecified atom stereocenters. The first-order valence-electron chi connectivity index (χ1n) is 6.12. The Morgan fingerprint density at radius 2 is 2.15 bits per heavy atom.